The monoisotopic (exact) mass is 504 g/mol. The van der Waals surface area contributed by atoms with Gasteiger partial charge in [0.1, 0.15) is 17.7 Å². The van der Waals surface area contributed by atoms with Crippen LogP contribution in [0.3, 0.4) is 0 Å². The summed E-state index contributed by atoms with van der Waals surface area (Å²) in [5.74, 6) is -1.28. The summed E-state index contributed by atoms with van der Waals surface area (Å²) >= 11 is 0. The van der Waals surface area contributed by atoms with E-state index in [1.54, 1.807) is 13.8 Å². The summed E-state index contributed by atoms with van der Waals surface area (Å²) in [6.07, 6.45) is 6.36. The van der Waals surface area contributed by atoms with Crippen LogP contribution in [0.5, 0.6) is 0 Å². The number of oxime groups is 1. The zero-order valence-corrected chi connectivity index (χ0v) is 20.4. The molecule has 194 valence electrons. The summed E-state index contributed by atoms with van der Waals surface area (Å²) < 4.78 is 42.3. The second-order valence-electron chi connectivity index (χ2n) is 9.53. The van der Waals surface area contributed by atoms with E-state index in [4.69, 9.17) is 4.84 Å². The Morgan fingerprint density at radius 3 is 2.36 bits per heavy atom. The maximum Gasteiger partial charge on any atom is 0.319 e. The molecule has 0 radical (unpaired) electrons. The Kier molecular flexibility index (Phi) is 8.27. The number of benzene rings is 1. The molecule has 1 aromatic carbocycles. The van der Waals surface area contributed by atoms with E-state index < -0.39 is 23.5 Å². The van der Waals surface area contributed by atoms with Crippen molar-refractivity contribution >= 4 is 23.4 Å². The number of hydrogen-bond acceptors (Lipinski definition) is 6. The summed E-state index contributed by atoms with van der Waals surface area (Å²) in [5.41, 5.74) is 1.05. The van der Waals surface area contributed by atoms with Gasteiger partial charge in [-0.05, 0) is 57.1 Å². The number of piperidine rings is 1. The van der Waals surface area contributed by atoms with E-state index >= 15 is 0 Å². The number of urea groups is 1. The number of nitrogens with one attached hydrogen (secondary N) is 2. The lowest BCUT2D eigenvalue weighted by Crippen LogP contribution is -2.37. The molecule has 2 amide bonds. The first kappa shape index (κ1) is 25.7. The first-order valence-corrected chi connectivity index (χ1v) is 12.3. The molecular formula is C25H31F3N6O2. The van der Waals surface area contributed by atoms with Gasteiger partial charge in [0.2, 0.25) is 5.95 Å². The van der Waals surface area contributed by atoms with Gasteiger partial charge < -0.3 is 20.4 Å². The molecule has 36 heavy (non-hydrogen) atoms. The Morgan fingerprint density at radius 1 is 1.06 bits per heavy atom. The van der Waals surface area contributed by atoms with E-state index in [0.717, 1.165) is 37.0 Å². The first-order valence-electron chi connectivity index (χ1n) is 12.3. The zero-order chi connectivity index (χ0) is 25.7. The number of nitrogens with zero attached hydrogens (tertiary/aromatic N) is 4. The molecule has 0 unspecified atom stereocenters. The van der Waals surface area contributed by atoms with E-state index in [9.17, 15) is 18.0 Å². The SMILES string of the molecule is CC(C)NC(=O)Nc1cc(F)c(C2CCC(=NOC3CCN(c4ncc(F)cn4)CC3)CC2)cc1F. The van der Waals surface area contributed by atoms with Crippen molar-refractivity contribution in [2.75, 3.05) is 23.3 Å². The van der Waals surface area contributed by atoms with Crippen LogP contribution in [0.2, 0.25) is 0 Å². The van der Waals surface area contributed by atoms with Crippen LogP contribution in [0, 0.1) is 17.5 Å². The zero-order valence-electron chi connectivity index (χ0n) is 20.4. The van der Waals surface area contributed by atoms with Crippen LogP contribution in [0.25, 0.3) is 0 Å². The van der Waals surface area contributed by atoms with Crippen molar-refractivity contribution in [3.8, 4) is 0 Å². The van der Waals surface area contributed by atoms with Gasteiger partial charge in [0.25, 0.3) is 0 Å². The average molecular weight is 505 g/mol. The number of anilines is 2. The quantitative estimate of drug-likeness (QED) is 0.533. The lowest BCUT2D eigenvalue weighted by Gasteiger charge is -2.31. The molecule has 2 fully saturated rings. The van der Waals surface area contributed by atoms with Gasteiger partial charge in [0.05, 0.1) is 23.8 Å². The minimum atomic E-state index is -0.662. The number of halogens is 3. The fourth-order valence-electron chi connectivity index (χ4n) is 4.52. The molecule has 8 nitrogen and oxygen atoms in total. The van der Waals surface area contributed by atoms with Gasteiger partial charge in [-0.1, -0.05) is 5.16 Å². The fraction of sp³-hybridized carbons (Fsp3) is 0.520. The minimum absolute atomic E-state index is 0.0218. The highest BCUT2D eigenvalue weighted by Gasteiger charge is 2.26. The van der Waals surface area contributed by atoms with Gasteiger partial charge >= 0.3 is 6.03 Å². The smallest absolute Gasteiger partial charge is 0.319 e. The van der Waals surface area contributed by atoms with Crippen LogP contribution < -0.4 is 15.5 Å². The van der Waals surface area contributed by atoms with Gasteiger partial charge in [-0.2, -0.15) is 0 Å². The average Bonchev–Trinajstić information content (AvgIpc) is 2.85. The molecule has 4 rings (SSSR count). The summed E-state index contributed by atoms with van der Waals surface area (Å²) in [6, 6.07) is 1.52. The number of carbonyl (C=O) groups is 1. The first-order chi connectivity index (χ1) is 17.3. The highest BCUT2D eigenvalue weighted by Crippen LogP contribution is 2.35. The molecular weight excluding hydrogens is 473 g/mol. The Morgan fingerprint density at radius 2 is 1.72 bits per heavy atom. The summed E-state index contributed by atoms with van der Waals surface area (Å²) in [4.78, 5) is 27.6. The summed E-state index contributed by atoms with van der Waals surface area (Å²) in [5, 5.41) is 9.29. The van der Waals surface area contributed by atoms with Crippen LogP contribution in [0.1, 0.15) is 63.9 Å². The molecule has 2 aliphatic rings. The second kappa shape index (κ2) is 11.6. The van der Waals surface area contributed by atoms with Crippen molar-refractivity contribution in [1.82, 2.24) is 15.3 Å². The van der Waals surface area contributed by atoms with Crippen molar-refractivity contribution in [1.29, 1.82) is 0 Å². The Labute approximate surface area is 208 Å². The molecule has 2 heterocycles. The number of hydrogen-bond donors (Lipinski definition) is 2. The topological polar surface area (TPSA) is 91.7 Å². The van der Waals surface area contributed by atoms with Crippen molar-refractivity contribution in [3.05, 3.63) is 47.5 Å². The third kappa shape index (κ3) is 6.64. The Balaban J connectivity index is 1.26. The molecule has 11 heteroatoms. The number of aromatic nitrogens is 2. The van der Waals surface area contributed by atoms with Gasteiger partial charge in [0, 0.05) is 38.0 Å². The number of rotatable bonds is 6. The number of amides is 2. The lowest BCUT2D eigenvalue weighted by atomic mass is 9.83. The van der Waals surface area contributed by atoms with Crippen molar-refractivity contribution in [2.45, 2.75) is 70.4 Å². The third-order valence-electron chi connectivity index (χ3n) is 6.42. The lowest BCUT2D eigenvalue weighted by molar-refractivity contribution is 0.0406. The maximum atomic E-state index is 14.8. The van der Waals surface area contributed by atoms with Crippen molar-refractivity contribution in [2.24, 2.45) is 5.16 Å². The second-order valence-corrected chi connectivity index (χ2v) is 9.53. The van der Waals surface area contributed by atoms with Gasteiger partial charge in [-0.15, -0.1) is 0 Å². The Hall–Kier alpha value is -3.37. The largest absolute Gasteiger partial charge is 0.392 e. The molecule has 0 bridgehead atoms. The highest BCUT2D eigenvalue weighted by molar-refractivity contribution is 5.89. The third-order valence-corrected chi connectivity index (χ3v) is 6.42. The molecule has 2 aromatic rings. The van der Waals surface area contributed by atoms with Crippen molar-refractivity contribution in [3.63, 3.8) is 0 Å². The summed E-state index contributed by atoms with van der Waals surface area (Å²) in [7, 11) is 0. The van der Waals surface area contributed by atoms with Gasteiger partial charge in [0.15, 0.2) is 5.82 Å². The predicted octanol–water partition coefficient (Wildman–Crippen LogP) is 5.12. The molecule has 1 saturated heterocycles. The molecule has 1 aliphatic heterocycles. The van der Waals surface area contributed by atoms with Crippen LogP contribution in [0.4, 0.5) is 29.6 Å². The highest BCUT2D eigenvalue weighted by atomic mass is 19.1. The molecule has 0 atom stereocenters. The van der Waals surface area contributed by atoms with E-state index in [0.29, 0.717) is 50.3 Å². The molecule has 1 aromatic heterocycles. The van der Waals surface area contributed by atoms with Gasteiger partial charge in [-0.3, -0.25) is 0 Å². The van der Waals surface area contributed by atoms with E-state index in [1.807, 2.05) is 4.90 Å². The standard InChI is InChI=1S/C25H31F3N6O2/c1-15(2)31-25(35)32-23-12-21(27)20(11-22(23)28)16-3-5-18(6-4-16)33-36-19-7-9-34(10-8-19)24-29-13-17(26)14-30-24/h11-16,19H,3-10H2,1-2H3,(H2,31,32,35). The normalized spacial score (nSPS) is 18.8. The van der Waals surface area contributed by atoms with E-state index in [-0.39, 0.29) is 23.8 Å². The molecule has 1 aliphatic carbocycles. The predicted molar refractivity (Wildman–Crippen MR) is 131 cm³/mol. The van der Waals surface area contributed by atoms with Crippen LogP contribution in [-0.2, 0) is 4.84 Å². The van der Waals surface area contributed by atoms with Crippen LogP contribution in [-0.4, -0.2) is 46.9 Å². The van der Waals surface area contributed by atoms with Gasteiger partial charge in [-0.25, -0.2) is 27.9 Å². The van der Waals surface area contributed by atoms with E-state index in [1.165, 1.54) is 6.07 Å². The summed E-state index contributed by atoms with van der Waals surface area (Å²) in [6.45, 7) is 4.94. The fourth-order valence-corrected chi connectivity index (χ4v) is 4.52. The molecule has 2 N–H and O–H groups in total. The Bertz CT molecular complexity index is 1080. The molecule has 1 saturated carbocycles. The maximum absolute atomic E-state index is 14.8. The van der Waals surface area contributed by atoms with Crippen LogP contribution in [0.15, 0.2) is 29.7 Å². The van der Waals surface area contributed by atoms with Crippen LogP contribution >= 0.6 is 0 Å². The minimum Gasteiger partial charge on any atom is -0.392 e. The number of carbonyl (C=O) groups excluding carboxylic acids is 1. The van der Waals surface area contributed by atoms with Crippen molar-refractivity contribution < 1.29 is 22.8 Å². The molecule has 0 spiro atoms. The van der Waals surface area contributed by atoms with E-state index in [2.05, 4.69) is 25.8 Å².